The third-order valence-corrected chi connectivity index (χ3v) is 5.03. The lowest BCUT2D eigenvalue weighted by Gasteiger charge is -2.32. The molecule has 0 unspecified atom stereocenters. The molecule has 1 fully saturated rings. The van der Waals surface area contributed by atoms with Crippen molar-refractivity contribution < 1.29 is 9.59 Å². The molecule has 1 atom stereocenters. The van der Waals surface area contributed by atoms with Crippen LogP contribution in [0.3, 0.4) is 0 Å². The third kappa shape index (κ3) is 2.48. The van der Waals surface area contributed by atoms with Crippen molar-refractivity contribution in [2.75, 3.05) is 6.54 Å². The molecule has 1 aliphatic carbocycles. The Bertz CT molecular complexity index is 771. The van der Waals surface area contributed by atoms with Gasteiger partial charge in [-0.1, -0.05) is 24.3 Å². The summed E-state index contributed by atoms with van der Waals surface area (Å²) in [6.07, 6.45) is 8.16. The molecule has 1 N–H and O–H groups in total. The molecule has 1 aromatic carbocycles. The number of imide groups is 1. The number of carbonyl (C=O) groups excluding carboxylic acids is 2. The summed E-state index contributed by atoms with van der Waals surface area (Å²) < 4.78 is 1.95. The highest BCUT2D eigenvalue weighted by atomic mass is 16.2. The van der Waals surface area contributed by atoms with E-state index in [0.29, 0.717) is 19.4 Å². The number of nitrogens with zero attached hydrogens (tertiary/aromatic N) is 3. The number of nitrogens with one attached hydrogen (secondary N) is 1. The van der Waals surface area contributed by atoms with Crippen LogP contribution in [0.1, 0.15) is 24.0 Å². The molecule has 1 saturated heterocycles. The second-order valence-electron chi connectivity index (χ2n) is 6.57. The Labute approximate surface area is 140 Å². The highest BCUT2D eigenvalue weighted by Crippen LogP contribution is 2.33. The Morgan fingerprint density at radius 1 is 1.17 bits per heavy atom. The maximum Gasteiger partial charge on any atom is 0.325 e. The summed E-state index contributed by atoms with van der Waals surface area (Å²) in [6, 6.07) is 7.91. The molecule has 124 valence electrons. The molecule has 0 saturated carbocycles. The Morgan fingerprint density at radius 3 is 2.79 bits per heavy atom. The minimum atomic E-state index is -0.750. The number of urea groups is 1. The van der Waals surface area contributed by atoms with Gasteiger partial charge in [-0.25, -0.2) is 9.78 Å². The monoisotopic (exact) mass is 324 g/mol. The van der Waals surface area contributed by atoms with E-state index in [4.69, 9.17) is 0 Å². The Balaban J connectivity index is 1.45. The van der Waals surface area contributed by atoms with Gasteiger partial charge in [-0.15, -0.1) is 0 Å². The lowest BCUT2D eigenvalue weighted by molar-refractivity contribution is -0.131. The van der Waals surface area contributed by atoms with Gasteiger partial charge in [0, 0.05) is 31.9 Å². The fourth-order valence-electron chi connectivity index (χ4n) is 3.73. The zero-order valence-electron chi connectivity index (χ0n) is 13.4. The average molecular weight is 324 g/mol. The van der Waals surface area contributed by atoms with Crippen LogP contribution in [0.5, 0.6) is 0 Å². The van der Waals surface area contributed by atoms with Crippen molar-refractivity contribution in [3.8, 4) is 0 Å². The van der Waals surface area contributed by atoms with Crippen LogP contribution in [0, 0.1) is 0 Å². The number of fused-ring (bicyclic) bond motifs is 1. The number of benzene rings is 1. The number of amides is 3. The van der Waals surface area contributed by atoms with E-state index in [1.54, 1.807) is 12.5 Å². The molecule has 1 spiro atoms. The van der Waals surface area contributed by atoms with Crippen molar-refractivity contribution in [2.24, 2.45) is 0 Å². The summed E-state index contributed by atoms with van der Waals surface area (Å²) in [6.45, 7) is 1.18. The van der Waals surface area contributed by atoms with E-state index in [0.717, 1.165) is 24.9 Å². The molecular weight excluding hydrogens is 304 g/mol. The summed E-state index contributed by atoms with van der Waals surface area (Å²) in [5.41, 5.74) is 1.70. The molecular formula is C18H20N4O2. The summed E-state index contributed by atoms with van der Waals surface area (Å²) in [5, 5.41) is 2.97. The molecule has 24 heavy (non-hydrogen) atoms. The Hall–Kier alpha value is -2.63. The smallest absolute Gasteiger partial charge is 0.325 e. The standard InChI is InChI=1S/C18H20N4O2/c23-16-18(7-6-14-4-1-2-5-15(14)12-18)20-17(24)22(16)10-3-9-21-11-8-19-13-21/h1-2,4-5,8,11,13H,3,6-7,9-10,12H2,(H,20,24)/t18-/m1/s1. The second kappa shape index (κ2) is 5.78. The number of rotatable bonds is 4. The predicted molar refractivity (Wildman–Crippen MR) is 88.3 cm³/mol. The fraction of sp³-hybridized carbons (Fsp3) is 0.389. The van der Waals surface area contributed by atoms with Crippen LogP contribution >= 0.6 is 0 Å². The van der Waals surface area contributed by atoms with Crippen LogP contribution < -0.4 is 5.32 Å². The SMILES string of the molecule is O=C1N[C@@]2(CCc3ccccc3C2)C(=O)N1CCCn1ccnc1. The highest BCUT2D eigenvalue weighted by Gasteiger charge is 2.51. The molecule has 3 amide bonds. The third-order valence-electron chi connectivity index (χ3n) is 5.03. The average Bonchev–Trinajstić information content (AvgIpc) is 3.18. The molecule has 2 aromatic rings. The number of carbonyl (C=O) groups is 2. The van der Waals surface area contributed by atoms with Crippen molar-refractivity contribution in [1.29, 1.82) is 0 Å². The minimum Gasteiger partial charge on any atom is -0.337 e. The first-order valence-electron chi connectivity index (χ1n) is 8.35. The molecule has 4 rings (SSSR count). The Kier molecular flexibility index (Phi) is 3.59. The zero-order chi connectivity index (χ0) is 16.6. The van der Waals surface area contributed by atoms with Gasteiger partial charge in [-0.2, -0.15) is 0 Å². The van der Waals surface area contributed by atoms with Crippen molar-refractivity contribution in [3.63, 3.8) is 0 Å². The van der Waals surface area contributed by atoms with E-state index < -0.39 is 5.54 Å². The molecule has 2 aliphatic rings. The van der Waals surface area contributed by atoms with E-state index in [2.05, 4.69) is 22.4 Å². The Morgan fingerprint density at radius 2 is 2.00 bits per heavy atom. The highest BCUT2D eigenvalue weighted by molar-refractivity contribution is 6.07. The van der Waals surface area contributed by atoms with Crippen LogP contribution in [0.4, 0.5) is 4.79 Å². The van der Waals surface area contributed by atoms with Crippen LogP contribution in [0.15, 0.2) is 43.0 Å². The maximum absolute atomic E-state index is 12.9. The quantitative estimate of drug-likeness (QED) is 0.871. The van der Waals surface area contributed by atoms with Crippen LogP contribution in [0.2, 0.25) is 0 Å². The summed E-state index contributed by atoms with van der Waals surface area (Å²) >= 11 is 0. The number of imidazole rings is 1. The van der Waals surface area contributed by atoms with Crippen LogP contribution in [-0.4, -0.2) is 38.5 Å². The van der Waals surface area contributed by atoms with E-state index in [-0.39, 0.29) is 11.9 Å². The van der Waals surface area contributed by atoms with E-state index in [9.17, 15) is 9.59 Å². The molecule has 1 aromatic heterocycles. The fourth-order valence-corrected chi connectivity index (χ4v) is 3.73. The number of aromatic nitrogens is 2. The molecule has 1 aliphatic heterocycles. The van der Waals surface area contributed by atoms with E-state index >= 15 is 0 Å². The van der Waals surface area contributed by atoms with Crippen molar-refractivity contribution in [3.05, 3.63) is 54.1 Å². The molecule has 0 bridgehead atoms. The van der Waals surface area contributed by atoms with Gasteiger partial charge in [-0.05, 0) is 30.4 Å². The van der Waals surface area contributed by atoms with Gasteiger partial charge in [0.15, 0.2) is 0 Å². The molecule has 6 nitrogen and oxygen atoms in total. The first-order chi connectivity index (χ1) is 11.7. The lowest BCUT2D eigenvalue weighted by Crippen LogP contribution is -2.51. The van der Waals surface area contributed by atoms with Crippen molar-refractivity contribution >= 4 is 11.9 Å². The number of hydrogen-bond donors (Lipinski definition) is 1. The normalized spacial score (nSPS) is 22.8. The van der Waals surface area contributed by atoms with Crippen LogP contribution in [-0.2, 0) is 24.2 Å². The summed E-state index contributed by atoms with van der Waals surface area (Å²) in [4.78, 5) is 30.6. The molecule has 6 heteroatoms. The largest absolute Gasteiger partial charge is 0.337 e. The van der Waals surface area contributed by atoms with Crippen molar-refractivity contribution in [1.82, 2.24) is 19.8 Å². The first-order valence-corrected chi connectivity index (χ1v) is 8.35. The van der Waals surface area contributed by atoms with Gasteiger partial charge in [0.25, 0.3) is 5.91 Å². The lowest BCUT2D eigenvalue weighted by atomic mass is 9.78. The number of aryl methyl sites for hydroxylation is 2. The summed E-state index contributed by atoms with van der Waals surface area (Å²) in [7, 11) is 0. The minimum absolute atomic E-state index is 0.0763. The molecule has 2 heterocycles. The van der Waals surface area contributed by atoms with Gasteiger partial charge in [-0.3, -0.25) is 9.69 Å². The zero-order valence-corrected chi connectivity index (χ0v) is 13.4. The maximum atomic E-state index is 12.9. The predicted octanol–water partition coefficient (Wildman–Crippen LogP) is 1.75. The molecule has 0 radical (unpaired) electrons. The number of hydrogen-bond acceptors (Lipinski definition) is 3. The van der Waals surface area contributed by atoms with Crippen molar-refractivity contribution in [2.45, 2.75) is 37.8 Å². The van der Waals surface area contributed by atoms with Gasteiger partial charge in [0.2, 0.25) is 0 Å². The van der Waals surface area contributed by atoms with E-state index in [1.807, 2.05) is 22.9 Å². The van der Waals surface area contributed by atoms with Gasteiger partial charge >= 0.3 is 6.03 Å². The van der Waals surface area contributed by atoms with Gasteiger partial charge < -0.3 is 9.88 Å². The first kappa shape index (κ1) is 14.9. The second-order valence-corrected chi connectivity index (χ2v) is 6.57. The summed E-state index contributed by atoms with van der Waals surface area (Å²) in [5.74, 6) is -0.0763. The van der Waals surface area contributed by atoms with Gasteiger partial charge in [0.05, 0.1) is 6.33 Å². The van der Waals surface area contributed by atoms with Crippen LogP contribution in [0.25, 0.3) is 0 Å². The van der Waals surface area contributed by atoms with Gasteiger partial charge in [0.1, 0.15) is 5.54 Å². The topological polar surface area (TPSA) is 67.2 Å². The van der Waals surface area contributed by atoms with E-state index in [1.165, 1.54) is 10.5 Å².